The van der Waals surface area contributed by atoms with Gasteiger partial charge >= 0.3 is 5.97 Å². The first-order valence-corrected chi connectivity index (χ1v) is 14.2. The molecule has 4 rings (SSSR count). The number of aryl methyl sites for hydroxylation is 1. The maximum Gasteiger partial charge on any atom is 0.337 e. The van der Waals surface area contributed by atoms with Crippen LogP contribution in [0.3, 0.4) is 0 Å². The van der Waals surface area contributed by atoms with Crippen LogP contribution in [0.5, 0.6) is 0 Å². The van der Waals surface area contributed by atoms with Gasteiger partial charge in [-0.2, -0.15) is 0 Å². The van der Waals surface area contributed by atoms with Crippen molar-refractivity contribution in [2.45, 2.75) is 58.9 Å². The molecule has 1 aliphatic rings. The lowest BCUT2D eigenvalue weighted by molar-refractivity contribution is -0.160. The number of rotatable bonds is 7. The third-order valence-corrected chi connectivity index (χ3v) is 8.03. The number of hydrogen-bond acceptors (Lipinski definition) is 5. The zero-order valence-corrected chi connectivity index (χ0v) is 23.7. The number of benzene rings is 2. The van der Waals surface area contributed by atoms with Gasteiger partial charge in [0.2, 0.25) is 10.0 Å². The van der Waals surface area contributed by atoms with Crippen molar-refractivity contribution in [1.29, 1.82) is 0 Å². The van der Waals surface area contributed by atoms with Gasteiger partial charge in [0.05, 0.1) is 35.7 Å². The number of halogens is 1. The minimum Gasteiger partial charge on any atom is -0.479 e. The second kappa shape index (κ2) is 9.62. The minimum atomic E-state index is -3.75. The zero-order valence-electron chi connectivity index (χ0n) is 22.1. The van der Waals surface area contributed by atoms with Gasteiger partial charge in [-0.05, 0) is 69.5 Å². The first kappa shape index (κ1) is 27.4. The Morgan fingerprint density at radius 3 is 2.35 bits per heavy atom. The molecule has 0 fully saturated rings. The molecule has 0 bridgehead atoms. The number of anilines is 1. The Hall–Kier alpha value is -2.59. The number of aromatic nitrogens is 1. The summed E-state index contributed by atoms with van der Waals surface area (Å²) in [5.41, 5.74) is 3.73. The van der Waals surface area contributed by atoms with Crippen molar-refractivity contribution < 1.29 is 27.8 Å². The fourth-order valence-electron chi connectivity index (χ4n) is 5.32. The van der Waals surface area contributed by atoms with Crippen molar-refractivity contribution in [2.75, 3.05) is 24.3 Å². The van der Waals surface area contributed by atoms with Crippen LogP contribution in [0.15, 0.2) is 30.3 Å². The molecule has 0 radical (unpaired) electrons. The highest BCUT2D eigenvalue weighted by Crippen LogP contribution is 2.49. The Bertz CT molecular complexity index is 1470. The molecule has 37 heavy (non-hydrogen) atoms. The SMILES string of the molecule is COC[C@@H]1Cn2c(C)cc3c(-c4ccc(Cl)cc4)c(C(OC(C)(C)C)C(=O)O)c(C)c(c32)N1S(C)(=O)=O. The van der Waals surface area contributed by atoms with Gasteiger partial charge in [0, 0.05) is 35.3 Å². The highest BCUT2D eigenvalue weighted by Gasteiger charge is 2.40. The van der Waals surface area contributed by atoms with E-state index >= 15 is 0 Å². The molecule has 10 heteroatoms. The lowest BCUT2D eigenvalue weighted by Crippen LogP contribution is -2.48. The topological polar surface area (TPSA) is 98.1 Å². The van der Waals surface area contributed by atoms with Crippen molar-refractivity contribution in [1.82, 2.24) is 4.57 Å². The molecular weight excluding hydrogens is 516 g/mol. The van der Waals surface area contributed by atoms with Crippen LogP contribution in [0.4, 0.5) is 5.69 Å². The van der Waals surface area contributed by atoms with Gasteiger partial charge in [0.25, 0.3) is 0 Å². The van der Waals surface area contributed by atoms with Crippen LogP contribution in [0.1, 0.15) is 43.7 Å². The quantitative estimate of drug-likeness (QED) is 0.429. The van der Waals surface area contributed by atoms with E-state index in [1.165, 1.54) is 17.7 Å². The molecule has 1 N–H and O–H groups in total. The third kappa shape index (κ3) is 4.97. The molecule has 200 valence electrons. The predicted octanol–water partition coefficient (Wildman–Crippen LogP) is 5.31. The lowest BCUT2D eigenvalue weighted by Gasteiger charge is -2.39. The predicted molar refractivity (Wildman–Crippen MR) is 146 cm³/mol. The van der Waals surface area contributed by atoms with Crippen LogP contribution in [-0.4, -0.2) is 55.7 Å². The fraction of sp³-hybridized carbons (Fsp3) is 0.444. The summed E-state index contributed by atoms with van der Waals surface area (Å²) in [5, 5.41) is 11.7. The maximum atomic E-state index is 13.2. The fourth-order valence-corrected chi connectivity index (χ4v) is 6.67. The van der Waals surface area contributed by atoms with E-state index in [0.29, 0.717) is 33.9 Å². The van der Waals surface area contributed by atoms with Crippen LogP contribution in [-0.2, 0) is 30.8 Å². The molecule has 2 aromatic carbocycles. The first-order chi connectivity index (χ1) is 17.2. The monoisotopic (exact) mass is 548 g/mol. The van der Waals surface area contributed by atoms with E-state index in [4.69, 9.17) is 21.1 Å². The number of ether oxygens (including phenoxy) is 2. The molecule has 1 unspecified atom stereocenters. The molecule has 1 aromatic heterocycles. The van der Waals surface area contributed by atoms with E-state index in [9.17, 15) is 18.3 Å². The summed E-state index contributed by atoms with van der Waals surface area (Å²) in [5.74, 6) is -1.16. The van der Waals surface area contributed by atoms with Crippen LogP contribution >= 0.6 is 11.6 Å². The van der Waals surface area contributed by atoms with Crippen molar-refractivity contribution in [2.24, 2.45) is 0 Å². The molecule has 0 saturated carbocycles. The molecule has 2 heterocycles. The van der Waals surface area contributed by atoms with Crippen molar-refractivity contribution in [3.05, 3.63) is 52.2 Å². The van der Waals surface area contributed by atoms with Gasteiger partial charge in [0.15, 0.2) is 6.10 Å². The zero-order chi connectivity index (χ0) is 27.4. The van der Waals surface area contributed by atoms with E-state index in [0.717, 1.165) is 22.2 Å². The molecule has 0 saturated heterocycles. The largest absolute Gasteiger partial charge is 0.479 e. The number of carboxylic acid groups (broad SMARTS) is 1. The van der Waals surface area contributed by atoms with Crippen molar-refractivity contribution >= 4 is 44.2 Å². The van der Waals surface area contributed by atoms with Gasteiger partial charge in [-0.3, -0.25) is 4.31 Å². The Kier molecular flexibility index (Phi) is 7.13. The summed E-state index contributed by atoms with van der Waals surface area (Å²) < 4.78 is 41.4. The highest BCUT2D eigenvalue weighted by atomic mass is 35.5. The van der Waals surface area contributed by atoms with Crippen LogP contribution in [0.25, 0.3) is 22.0 Å². The Labute approximate surface area is 222 Å². The van der Waals surface area contributed by atoms with E-state index in [2.05, 4.69) is 4.57 Å². The van der Waals surface area contributed by atoms with Crippen molar-refractivity contribution in [3.8, 4) is 11.1 Å². The summed E-state index contributed by atoms with van der Waals surface area (Å²) in [4.78, 5) is 12.7. The van der Waals surface area contributed by atoms with Gasteiger partial charge in [-0.15, -0.1) is 0 Å². The molecular formula is C27H33ClN2O6S. The number of sulfonamides is 1. The van der Waals surface area contributed by atoms with Crippen LogP contribution in [0, 0.1) is 13.8 Å². The van der Waals surface area contributed by atoms with Gasteiger partial charge in [-0.1, -0.05) is 23.7 Å². The molecule has 0 aliphatic carbocycles. The number of carboxylic acids is 1. The number of aliphatic carboxylic acids is 1. The summed E-state index contributed by atoms with van der Waals surface area (Å²) in [6.07, 6.45) is -0.182. The van der Waals surface area contributed by atoms with Crippen LogP contribution in [0.2, 0.25) is 5.02 Å². The third-order valence-electron chi connectivity index (χ3n) is 6.58. The van der Waals surface area contributed by atoms with Gasteiger partial charge in [0.1, 0.15) is 0 Å². The molecule has 2 atom stereocenters. The minimum absolute atomic E-state index is 0.181. The first-order valence-electron chi connectivity index (χ1n) is 12.0. The van der Waals surface area contributed by atoms with Crippen LogP contribution < -0.4 is 4.31 Å². The van der Waals surface area contributed by atoms with Crippen molar-refractivity contribution in [3.63, 3.8) is 0 Å². The number of hydrogen-bond donors (Lipinski definition) is 1. The summed E-state index contributed by atoms with van der Waals surface area (Å²) in [6.45, 7) is 9.70. The highest BCUT2D eigenvalue weighted by molar-refractivity contribution is 7.92. The van der Waals surface area contributed by atoms with E-state index < -0.39 is 33.7 Å². The number of nitrogens with zero attached hydrogens (tertiary/aromatic N) is 2. The number of carbonyl (C=O) groups is 1. The maximum absolute atomic E-state index is 13.2. The average Bonchev–Trinajstić information content (AvgIpc) is 3.10. The Morgan fingerprint density at radius 1 is 1.22 bits per heavy atom. The molecule has 0 spiro atoms. The second-order valence-corrected chi connectivity index (χ2v) is 12.8. The molecule has 1 aliphatic heterocycles. The molecule has 8 nitrogen and oxygen atoms in total. The smallest absolute Gasteiger partial charge is 0.337 e. The normalized spacial score (nSPS) is 16.9. The lowest BCUT2D eigenvalue weighted by atomic mass is 9.87. The molecule has 3 aromatic rings. The summed E-state index contributed by atoms with van der Waals surface area (Å²) in [6, 6.07) is 8.68. The summed E-state index contributed by atoms with van der Waals surface area (Å²) in [7, 11) is -2.21. The Balaban J connectivity index is 2.22. The van der Waals surface area contributed by atoms with Gasteiger partial charge < -0.3 is 19.1 Å². The molecule has 0 amide bonds. The van der Waals surface area contributed by atoms with E-state index in [1.54, 1.807) is 39.8 Å². The van der Waals surface area contributed by atoms with E-state index in [-0.39, 0.29) is 6.61 Å². The van der Waals surface area contributed by atoms with Gasteiger partial charge in [-0.25, -0.2) is 13.2 Å². The number of methoxy groups -OCH3 is 1. The van der Waals surface area contributed by atoms with E-state index in [1.807, 2.05) is 25.1 Å². The Morgan fingerprint density at radius 2 is 1.84 bits per heavy atom. The average molecular weight is 549 g/mol. The standard InChI is InChI=1S/C27H33ClN2O6S/c1-15-12-20-22(17-8-10-18(28)11-9-17)21(25(26(31)32)36-27(3,4)5)16(2)23-24(20)29(15)13-19(14-35-6)30(23)37(7,33)34/h8-12,19,25H,13-14H2,1-7H3,(H,31,32)/t19-,25?/m0/s1. The second-order valence-electron chi connectivity index (χ2n) is 10.5. The summed E-state index contributed by atoms with van der Waals surface area (Å²) >= 11 is 6.18.